The Morgan fingerprint density at radius 3 is 2.53 bits per heavy atom. The molecule has 2 heterocycles. The lowest BCUT2D eigenvalue weighted by Crippen LogP contribution is -2.17. The second-order valence-electron chi connectivity index (χ2n) is 4.13. The van der Waals surface area contributed by atoms with E-state index in [-0.39, 0.29) is 5.56 Å². The third-order valence-corrected chi connectivity index (χ3v) is 3.16. The van der Waals surface area contributed by atoms with Crippen LogP contribution in [0.3, 0.4) is 0 Å². The van der Waals surface area contributed by atoms with Crippen LogP contribution in [0.1, 0.15) is 10.5 Å². The van der Waals surface area contributed by atoms with E-state index in [0.717, 1.165) is 11.7 Å². The number of benzene rings is 1. The molecule has 0 spiro atoms. The minimum Gasteiger partial charge on any atom is -0.338 e. The number of rotatable bonds is 2. The Bertz CT molecular complexity index is 816. The molecule has 94 valence electrons. The van der Waals surface area contributed by atoms with E-state index in [1.54, 1.807) is 36.4 Å². The summed E-state index contributed by atoms with van der Waals surface area (Å²) < 4.78 is 1.51. The Labute approximate surface area is 113 Å². The highest BCUT2D eigenvalue weighted by molar-refractivity contribution is 6.30. The number of nitrogens with one attached hydrogen (secondary N) is 1. The molecule has 0 aliphatic rings. The first-order valence-electron chi connectivity index (χ1n) is 5.65. The molecule has 0 bridgehead atoms. The smallest absolute Gasteiger partial charge is 0.256 e. The van der Waals surface area contributed by atoms with E-state index in [1.165, 1.54) is 10.6 Å². The highest BCUT2D eigenvalue weighted by atomic mass is 35.5. The van der Waals surface area contributed by atoms with Crippen molar-refractivity contribution in [2.45, 2.75) is 0 Å². The van der Waals surface area contributed by atoms with Crippen LogP contribution in [0.15, 0.2) is 47.3 Å². The molecule has 3 rings (SSSR count). The molecular weight excluding hydrogens is 264 g/mol. The molecule has 1 N–H and O–H groups in total. The maximum Gasteiger partial charge on any atom is 0.256 e. The van der Waals surface area contributed by atoms with Crippen molar-refractivity contribution in [3.63, 3.8) is 0 Å². The SMILES string of the molecule is O=Cc1cc2ccc(=O)n(-c3ccc(Cl)cc3)c2[nH]1. The van der Waals surface area contributed by atoms with Crippen LogP contribution in [-0.4, -0.2) is 15.8 Å². The van der Waals surface area contributed by atoms with Gasteiger partial charge in [0.25, 0.3) is 5.56 Å². The predicted octanol–water partition coefficient (Wildman–Crippen LogP) is 2.78. The normalized spacial score (nSPS) is 10.8. The van der Waals surface area contributed by atoms with Crippen molar-refractivity contribution in [3.8, 4) is 5.69 Å². The number of halogens is 1. The monoisotopic (exact) mass is 272 g/mol. The van der Waals surface area contributed by atoms with Gasteiger partial charge in [0, 0.05) is 16.5 Å². The van der Waals surface area contributed by atoms with Crippen LogP contribution in [-0.2, 0) is 0 Å². The number of nitrogens with zero attached hydrogens (tertiary/aromatic N) is 1. The molecule has 19 heavy (non-hydrogen) atoms. The van der Waals surface area contributed by atoms with E-state index in [2.05, 4.69) is 4.98 Å². The maximum absolute atomic E-state index is 12.0. The summed E-state index contributed by atoms with van der Waals surface area (Å²) in [6.07, 6.45) is 0.719. The predicted molar refractivity (Wildman–Crippen MR) is 74.3 cm³/mol. The summed E-state index contributed by atoms with van der Waals surface area (Å²) in [5.41, 5.74) is 1.55. The lowest BCUT2D eigenvalue weighted by Gasteiger charge is -2.07. The summed E-state index contributed by atoms with van der Waals surface area (Å²) in [5.74, 6) is 0. The molecule has 0 aliphatic heterocycles. The Kier molecular flexibility index (Phi) is 2.72. The topological polar surface area (TPSA) is 54.9 Å². The van der Waals surface area contributed by atoms with E-state index >= 15 is 0 Å². The number of pyridine rings is 1. The Hall–Kier alpha value is -2.33. The van der Waals surface area contributed by atoms with Crippen LogP contribution >= 0.6 is 11.6 Å². The van der Waals surface area contributed by atoms with Gasteiger partial charge in [0.1, 0.15) is 5.65 Å². The number of aromatic nitrogens is 2. The Morgan fingerprint density at radius 2 is 1.84 bits per heavy atom. The molecule has 0 unspecified atom stereocenters. The van der Waals surface area contributed by atoms with Crippen LogP contribution < -0.4 is 5.56 Å². The van der Waals surface area contributed by atoms with Gasteiger partial charge in [-0.15, -0.1) is 0 Å². The Balaban J connectivity index is 2.35. The van der Waals surface area contributed by atoms with Crippen molar-refractivity contribution >= 4 is 28.9 Å². The number of H-pyrrole nitrogens is 1. The quantitative estimate of drug-likeness (QED) is 0.729. The van der Waals surface area contributed by atoms with Crippen molar-refractivity contribution in [1.29, 1.82) is 0 Å². The number of hydrogen-bond donors (Lipinski definition) is 1. The average molecular weight is 273 g/mol. The molecule has 0 fully saturated rings. The summed E-state index contributed by atoms with van der Waals surface area (Å²) in [5, 5.41) is 1.40. The second kappa shape index (κ2) is 4.40. The van der Waals surface area contributed by atoms with Gasteiger partial charge >= 0.3 is 0 Å². The molecule has 0 saturated heterocycles. The molecule has 5 heteroatoms. The molecule has 1 aromatic carbocycles. The molecule has 0 amide bonds. The molecule has 0 atom stereocenters. The third kappa shape index (κ3) is 1.96. The number of carbonyl (C=O) groups excluding carboxylic acids is 1. The summed E-state index contributed by atoms with van der Waals surface area (Å²) in [6.45, 7) is 0. The third-order valence-electron chi connectivity index (χ3n) is 2.91. The lowest BCUT2D eigenvalue weighted by molar-refractivity contribution is 0.111. The first kappa shape index (κ1) is 11.7. The van der Waals surface area contributed by atoms with Gasteiger partial charge in [-0.1, -0.05) is 11.6 Å². The van der Waals surface area contributed by atoms with Crippen LogP contribution in [0.4, 0.5) is 0 Å². The molecule has 4 nitrogen and oxygen atoms in total. The fraction of sp³-hybridized carbons (Fsp3) is 0. The minimum absolute atomic E-state index is 0.172. The molecule has 2 aromatic heterocycles. The number of carbonyl (C=O) groups is 1. The standard InChI is InChI=1S/C14H9ClN2O2/c15-10-2-4-12(5-3-10)17-13(19)6-1-9-7-11(8-18)16-14(9)17/h1-8,16H. The van der Waals surface area contributed by atoms with Gasteiger partial charge in [-0.05, 0) is 36.4 Å². The van der Waals surface area contributed by atoms with Gasteiger partial charge < -0.3 is 4.98 Å². The Morgan fingerprint density at radius 1 is 1.11 bits per heavy atom. The average Bonchev–Trinajstić information content (AvgIpc) is 2.83. The highest BCUT2D eigenvalue weighted by Crippen LogP contribution is 2.18. The zero-order valence-electron chi connectivity index (χ0n) is 9.76. The number of aldehydes is 1. The summed E-state index contributed by atoms with van der Waals surface area (Å²) in [4.78, 5) is 25.8. The van der Waals surface area contributed by atoms with Gasteiger partial charge in [-0.3, -0.25) is 14.2 Å². The van der Waals surface area contributed by atoms with Gasteiger partial charge in [-0.25, -0.2) is 0 Å². The molecule has 0 aliphatic carbocycles. The number of fused-ring (bicyclic) bond motifs is 1. The first-order chi connectivity index (χ1) is 9.19. The van der Waals surface area contributed by atoms with E-state index in [9.17, 15) is 9.59 Å². The molecule has 3 aromatic rings. The van der Waals surface area contributed by atoms with Gasteiger partial charge in [0.05, 0.1) is 11.4 Å². The van der Waals surface area contributed by atoms with E-state index in [4.69, 9.17) is 11.6 Å². The fourth-order valence-electron chi connectivity index (χ4n) is 2.05. The van der Waals surface area contributed by atoms with Crippen LogP contribution in [0.2, 0.25) is 5.02 Å². The van der Waals surface area contributed by atoms with Crippen LogP contribution in [0, 0.1) is 0 Å². The summed E-state index contributed by atoms with van der Waals surface area (Å²) >= 11 is 5.84. The minimum atomic E-state index is -0.172. The fourth-order valence-corrected chi connectivity index (χ4v) is 2.17. The van der Waals surface area contributed by atoms with Crippen molar-refractivity contribution < 1.29 is 4.79 Å². The summed E-state index contributed by atoms with van der Waals surface area (Å²) in [7, 11) is 0. The van der Waals surface area contributed by atoms with E-state index in [1.807, 2.05) is 0 Å². The van der Waals surface area contributed by atoms with Gasteiger partial charge in [0.2, 0.25) is 0 Å². The van der Waals surface area contributed by atoms with Gasteiger partial charge in [0.15, 0.2) is 6.29 Å². The largest absolute Gasteiger partial charge is 0.338 e. The molecule has 0 radical (unpaired) electrons. The van der Waals surface area contributed by atoms with Gasteiger partial charge in [-0.2, -0.15) is 0 Å². The molecular formula is C14H9ClN2O2. The first-order valence-corrected chi connectivity index (χ1v) is 6.03. The molecule has 0 saturated carbocycles. The number of aromatic amines is 1. The van der Waals surface area contributed by atoms with Crippen molar-refractivity contribution in [3.05, 3.63) is 63.5 Å². The highest BCUT2D eigenvalue weighted by Gasteiger charge is 2.08. The van der Waals surface area contributed by atoms with E-state index < -0.39 is 0 Å². The lowest BCUT2D eigenvalue weighted by atomic mass is 10.2. The van der Waals surface area contributed by atoms with Crippen molar-refractivity contribution in [2.75, 3.05) is 0 Å². The number of hydrogen-bond acceptors (Lipinski definition) is 2. The summed E-state index contributed by atoms with van der Waals surface area (Å²) in [6, 6.07) is 11.8. The van der Waals surface area contributed by atoms with Crippen LogP contribution in [0.25, 0.3) is 16.7 Å². The van der Waals surface area contributed by atoms with E-state index in [0.29, 0.717) is 22.1 Å². The second-order valence-corrected chi connectivity index (χ2v) is 4.57. The van der Waals surface area contributed by atoms with Crippen molar-refractivity contribution in [1.82, 2.24) is 9.55 Å². The zero-order chi connectivity index (χ0) is 13.4. The van der Waals surface area contributed by atoms with Crippen LogP contribution in [0.5, 0.6) is 0 Å². The zero-order valence-corrected chi connectivity index (χ0v) is 10.5. The van der Waals surface area contributed by atoms with Crippen molar-refractivity contribution in [2.24, 2.45) is 0 Å². The maximum atomic E-state index is 12.0.